The van der Waals surface area contributed by atoms with Gasteiger partial charge in [-0.3, -0.25) is 15.5 Å². The molecule has 1 fully saturated rings. The second-order valence-electron chi connectivity index (χ2n) is 6.09. The number of thiazole rings is 1. The number of nitrogens with one attached hydrogen (secondary N) is 2. The fourth-order valence-electron chi connectivity index (χ4n) is 2.65. The first kappa shape index (κ1) is 20.9. The van der Waals surface area contributed by atoms with Gasteiger partial charge in [0.1, 0.15) is 5.69 Å². The number of anilines is 1. The van der Waals surface area contributed by atoms with E-state index in [-0.39, 0.29) is 11.6 Å². The molecule has 0 unspecified atom stereocenters. The number of amides is 1. The van der Waals surface area contributed by atoms with E-state index in [0.29, 0.717) is 60.9 Å². The molecule has 11 nitrogen and oxygen atoms in total. The van der Waals surface area contributed by atoms with Gasteiger partial charge in [0, 0.05) is 25.9 Å². The summed E-state index contributed by atoms with van der Waals surface area (Å²) in [5.74, 6) is -0.543. The van der Waals surface area contributed by atoms with Gasteiger partial charge >= 0.3 is 0 Å². The molecule has 2 aromatic heterocycles. The van der Waals surface area contributed by atoms with Gasteiger partial charge in [-0.1, -0.05) is 23.1 Å². The van der Waals surface area contributed by atoms with Gasteiger partial charge in [-0.25, -0.2) is 9.67 Å². The lowest BCUT2D eigenvalue weighted by Gasteiger charge is -2.30. The van der Waals surface area contributed by atoms with Crippen LogP contribution in [0.25, 0.3) is 5.70 Å². The fourth-order valence-corrected chi connectivity index (χ4v) is 3.61. The van der Waals surface area contributed by atoms with Crippen LogP contribution in [0.4, 0.5) is 5.13 Å². The van der Waals surface area contributed by atoms with Crippen molar-refractivity contribution in [2.45, 2.75) is 6.54 Å². The standard InChI is InChI=1S/C17H23N7O4S/c1-11(23-4-8-28-9-5-23)14-13(15(18)27-3)19-17(29-14)20-16(25)12-10-24(22-21-12)6-7-26-2/h10,18H,1,4-9H2,2-3H3,(H,19,20,25). The molecule has 3 rings (SSSR count). The molecule has 0 aliphatic carbocycles. The van der Waals surface area contributed by atoms with Gasteiger partial charge in [0.05, 0.1) is 44.5 Å². The van der Waals surface area contributed by atoms with E-state index in [9.17, 15) is 4.79 Å². The molecule has 3 heterocycles. The lowest BCUT2D eigenvalue weighted by atomic mass is 10.2. The highest BCUT2D eigenvalue weighted by Gasteiger charge is 2.24. The number of hydrogen-bond acceptors (Lipinski definition) is 10. The van der Waals surface area contributed by atoms with Crippen LogP contribution in [-0.4, -0.2) is 83.8 Å². The molecular formula is C17H23N7O4S. The van der Waals surface area contributed by atoms with E-state index in [1.807, 2.05) is 0 Å². The number of rotatable bonds is 8. The molecule has 0 bridgehead atoms. The SMILES string of the molecule is C=C(c1sc(NC(=O)c2cn(CCOC)nn2)nc1C(=N)OC)N1CCOCC1. The maximum absolute atomic E-state index is 12.5. The van der Waals surface area contributed by atoms with Crippen LogP contribution in [0.2, 0.25) is 0 Å². The van der Waals surface area contributed by atoms with Crippen LogP contribution in [0.1, 0.15) is 21.1 Å². The van der Waals surface area contributed by atoms with E-state index in [1.165, 1.54) is 29.3 Å². The van der Waals surface area contributed by atoms with Crippen molar-refractivity contribution in [1.82, 2.24) is 24.9 Å². The Hall–Kier alpha value is -2.83. The molecule has 12 heteroatoms. The molecule has 0 radical (unpaired) electrons. The van der Waals surface area contributed by atoms with E-state index in [1.54, 1.807) is 7.11 Å². The van der Waals surface area contributed by atoms with Crippen molar-refractivity contribution in [3.63, 3.8) is 0 Å². The predicted molar refractivity (Wildman–Crippen MR) is 107 cm³/mol. The largest absolute Gasteiger partial charge is 0.480 e. The van der Waals surface area contributed by atoms with Crippen LogP contribution in [-0.2, 0) is 20.8 Å². The summed E-state index contributed by atoms with van der Waals surface area (Å²) in [5, 5.41) is 18.8. The molecule has 1 saturated heterocycles. The first-order chi connectivity index (χ1) is 14.0. The zero-order valence-electron chi connectivity index (χ0n) is 16.3. The summed E-state index contributed by atoms with van der Waals surface area (Å²) in [6.45, 7) is 7.72. The second-order valence-corrected chi connectivity index (χ2v) is 7.09. The van der Waals surface area contributed by atoms with Crippen LogP contribution < -0.4 is 5.32 Å². The first-order valence-electron chi connectivity index (χ1n) is 8.89. The maximum Gasteiger partial charge on any atom is 0.279 e. The van der Waals surface area contributed by atoms with Crippen LogP contribution in [0.15, 0.2) is 12.8 Å². The summed E-state index contributed by atoms with van der Waals surface area (Å²) in [4.78, 5) is 19.6. The minimum Gasteiger partial charge on any atom is -0.480 e. The number of aromatic nitrogens is 4. The Bertz CT molecular complexity index is 888. The van der Waals surface area contributed by atoms with Gasteiger partial charge in [0.2, 0.25) is 5.90 Å². The van der Waals surface area contributed by atoms with Crippen LogP contribution in [0.3, 0.4) is 0 Å². The van der Waals surface area contributed by atoms with Gasteiger partial charge in [-0.2, -0.15) is 0 Å². The molecule has 0 aromatic carbocycles. The molecule has 0 spiro atoms. The highest BCUT2D eigenvalue weighted by molar-refractivity contribution is 7.17. The quantitative estimate of drug-likeness (QED) is 0.476. The van der Waals surface area contributed by atoms with Crippen molar-refractivity contribution in [3.05, 3.63) is 29.0 Å². The molecule has 2 N–H and O–H groups in total. The predicted octanol–water partition coefficient (Wildman–Crippen LogP) is 0.908. The number of carbonyl (C=O) groups is 1. The fraction of sp³-hybridized carbons (Fsp3) is 0.471. The molecule has 0 saturated carbocycles. The van der Waals surface area contributed by atoms with Gasteiger partial charge in [0.25, 0.3) is 5.91 Å². The zero-order valence-corrected chi connectivity index (χ0v) is 17.1. The minimum atomic E-state index is -0.443. The third kappa shape index (κ3) is 4.96. The molecule has 1 aliphatic rings. The lowest BCUT2D eigenvalue weighted by molar-refractivity contribution is 0.0641. The highest BCUT2D eigenvalue weighted by atomic mass is 32.1. The number of nitrogens with zero attached hydrogens (tertiary/aromatic N) is 5. The maximum atomic E-state index is 12.5. The third-order valence-electron chi connectivity index (χ3n) is 4.22. The lowest BCUT2D eigenvalue weighted by Crippen LogP contribution is -2.34. The van der Waals surface area contributed by atoms with Crippen LogP contribution in [0, 0.1) is 5.41 Å². The minimum absolute atomic E-state index is 0.100. The monoisotopic (exact) mass is 421 g/mol. The van der Waals surface area contributed by atoms with Gasteiger partial charge in [-0.05, 0) is 0 Å². The summed E-state index contributed by atoms with van der Waals surface area (Å²) in [7, 11) is 2.99. The second kappa shape index (κ2) is 9.58. The average Bonchev–Trinajstić information content (AvgIpc) is 3.39. The first-order valence-corrected chi connectivity index (χ1v) is 9.71. The van der Waals surface area contributed by atoms with Gasteiger partial charge in [0.15, 0.2) is 10.8 Å². The number of ether oxygens (including phenoxy) is 3. The summed E-state index contributed by atoms with van der Waals surface area (Å²) in [6, 6.07) is 0. The topological polar surface area (TPSA) is 127 Å². The third-order valence-corrected chi connectivity index (χ3v) is 5.24. The number of methoxy groups -OCH3 is 2. The van der Waals surface area contributed by atoms with Crippen molar-refractivity contribution >= 4 is 34.0 Å². The molecule has 0 atom stereocenters. The van der Waals surface area contributed by atoms with E-state index in [0.717, 1.165) is 0 Å². The Kier molecular flexibility index (Phi) is 6.90. The number of carbonyl (C=O) groups excluding carboxylic acids is 1. The number of hydrogen-bond donors (Lipinski definition) is 2. The smallest absolute Gasteiger partial charge is 0.279 e. The molecule has 1 amide bonds. The highest BCUT2D eigenvalue weighted by Crippen LogP contribution is 2.32. The van der Waals surface area contributed by atoms with E-state index in [2.05, 4.69) is 32.1 Å². The van der Waals surface area contributed by atoms with Crippen molar-refractivity contribution in [3.8, 4) is 0 Å². The molecule has 29 heavy (non-hydrogen) atoms. The van der Waals surface area contributed by atoms with E-state index in [4.69, 9.17) is 19.6 Å². The van der Waals surface area contributed by atoms with E-state index < -0.39 is 5.91 Å². The Labute approximate surface area is 171 Å². The summed E-state index contributed by atoms with van der Waals surface area (Å²) in [5.41, 5.74) is 1.20. The molecule has 156 valence electrons. The van der Waals surface area contributed by atoms with Gasteiger partial charge in [-0.15, -0.1) is 5.10 Å². The average molecular weight is 421 g/mol. The summed E-state index contributed by atoms with van der Waals surface area (Å²) in [6.07, 6.45) is 1.54. The molecular weight excluding hydrogens is 398 g/mol. The van der Waals surface area contributed by atoms with Crippen LogP contribution in [0.5, 0.6) is 0 Å². The van der Waals surface area contributed by atoms with Crippen molar-refractivity contribution < 1.29 is 19.0 Å². The summed E-state index contributed by atoms with van der Waals surface area (Å²) >= 11 is 1.23. The van der Waals surface area contributed by atoms with E-state index >= 15 is 0 Å². The van der Waals surface area contributed by atoms with Crippen molar-refractivity contribution in [2.24, 2.45) is 0 Å². The molecule has 2 aromatic rings. The Morgan fingerprint density at radius 2 is 2.17 bits per heavy atom. The normalized spacial score (nSPS) is 13.9. The summed E-state index contributed by atoms with van der Waals surface area (Å²) < 4.78 is 16.9. The van der Waals surface area contributed by atoms with Crippen molar-refractivity contribution in [1.29, 1.82) is 5.41 Å². The van der Waals surface area contributed by atoms with Gasteiger partial charge < -0.3 is 19.1 Å². The number of morpholine rings is 1. The zero-order chi connectivity index (χ0) is 20.8. The Morgan fingerprint density at radius 3 is 2.86 bits per heavy atom. The molecule has 1 aliphatic heterocycles. The Morgan fingerprint density at radius 1 is 1.41 bits per heavy atom. The Balaban J connectivity index is 1.77. The van der Waals surface area contributed by atoms with Crippen LogP contribution >= 0.6 is 11.3 Å². The van der Waals surface area contributed by atoms with Crippen molar-refractivity contribution in [2.75, 3.05) is 52.4 Å².